The number of benzene rings is 3. The SMILES string of the molecule is CCOC(=O)Cc1ccc(OC)c(Oc2ccc(C(F)(F)F)cc2CN2C(=O)O[C@H](c3ccccc3)[C@@H]2C)c1. The van der Waals surface area contributed by atoms with Gasteiger partial charge in [0.1, 0.15) is 11.9 Å². The van der Waals surface area contributed by atoms with Gasteiger partial charge in [-0.05, 0) is 55.3 Å². The van der Waals surface area contributed by atoms with Crippen molar-refractivity contribution in [3.05, 3.63) is 89.0 Å². The van der Waals surface area contributed by atoms with E-state index in [2.05, 4.69) is 0 Å². The predicted molar refractivity (Wildman–Crippen MR) is 136 cm³/mol. The fourth-order valence-corrected chi connectivity index (χ4v) is 4.37. The van der Waals surface area contributed by atoms with Crippen LogP contribution in [0.15, 0.2) is 66.7 Å². The van der Waals surface area contributed by atoms with E-state index in [4.69, 9.17) is 18.9 Å². The third-order valence-corrected chi connectivity index (χ3v) is 6.35. The molecule has 1 fully saturated rings. The number of nitrogens with zero attached hydrogens (tertiary/aromatic N) is 1. The van der Waals surface area contributed by atoms with Crippen LogP contribution in [0.5, 0.6) is 17.2 Å². The van der Waals surface area contributed by atoms with Crippen LogP contribution in [-0.4, -0.2) is 36.7 Å². The maximum Gasteiger partial charge on any atom is 0.416 e. The van der Waals surface area contributed by atoms with Crippen LogP contribution in [0, 0.1) is 0 Å². The third-order valence-electron chi connectivity index (χ3n) is 6.35. The van der Waals surface area contributed by atoms with Crippen LogP contribution in [-0.2, 0) is 33.4 Å². The third kappa shape index (κ3) is 6.45. The van der Waals surface area contributed by atoms with Gasteiger partial charge in [-0.1, -0.05) is 36.4 Å². The van der Waals surface area contributed by atoms with Gasteiger partial charge in [0.05, 0.1) is 38.3 Å². The number of halogens is 3. The first-order valence-corrected chi connectivity index (χ1v) is 12.3. The van der Waals surface area contributed by atoms with Gasteiger partial charge in [0.2, 0.25) is 0 Å². The first-order valence-electron chi connectivity index (χ1n) is 12.3. The largest absolute Gasteiger partial charge is 0.493 e. The molecule has 2 atom stereocenters. The van der Waals surface area contributed by atoms with Crippen molar-refractivity contribution in [1.82, 2.24) is 4.90 Å². The van der Waals surface area contributed by atoms with Crippen LogP contribution >= 0.6 is 0 Å². The lowest BCUT2D eigenvalue weighted by Gasteiger charge is -2.23. The number of amides is 1. The molecule has 4 rings (SSSR count). The first kappa shape index (κ1) is 27.8. The summed E-state index contributed by atoms with van der Waals surface area (Å²) in [4.78, 5) is 26.1. The number of hydrogen-bond acceptors (Lipinski definition) is 6. The molecule has 0 bridgehead atoms. The average molecular weight is 544 g/mol. The highest BCUT2D eigenvalue weighted by molar-refractivity contribution is 5.73. The van der Waals surface area contributed by atoms with Crippen molar-refractivity contribution in [3.63, 3.8) is 0 Å². The van der Waals surface area contributed by atoms with Crippen LogP contribution in [0.4, 0.5) is 18.0 Å². The maximum absolute atomic E-state index is 13.6. The van der Waals surface area contributed by atoms with E-state index in [1.54, 1.807) is 32.0 Å². The molecule has 39 heavy (non-hydrogen) atoms. The summed E-state index contributed by atoms with van der Waals surface area (Å²) in [7, 11) is 1.42. The molecule has 1 aliphatic heterocycles. The molecule has 0 spiro atoms. The number of ether oxygens (including phenoxy) is 4. The van der Waals surface area contributed by atoms with Gasteiger partial charge in [0, 0.05) is 5.56 Å². The Kier molecular flexibility index (Phi) is 8.32. The lowest BCUT2D eigenvalue weighted by molar-refractivity contribution is -0.142. The van der Waals surface area contributed by atoms with Gasteiger partial charge >= 0.3 is 18.2 Å². The monoisotopic (exact) mass is 543 g/mol. The van der Waals surface area contributed by atoms with Crippen LogP contribution in [0.3, 0.4) is 0 Å². The number of methoxy groups -OCH3 is 1. The molecule has 10 heteroatoms. The smallest absolute Gasteiger partial charge is 0.416 e. The standard InChI is InChI=1S/C29H28F3NO6/c1-4-37-26(34)15-19-10-12-24(36-3)25(14-19)38-23-13-11-22(29(30,31)32)16-21(23)17-33-18(2)27(39-28(33)35)20-8-6-5-7-9-20/h5-14,16,18,27H,4,15,17H2,1-3H3/t18-,27-/m0/s1. The molecule has 3 aromatic rings. The Morgan fingerprint density at radius 2 is 1.72 bits per heavy atom. The van der Waals surface area contributed by atoms with Crippen LogP contribution in [0.2, 0.25) is 0 Å². The minimum Gasteiger partial charge on any atom is -0.493 e. The second kappa shape index (κ2) is 11.7. The Hall–Kier alpha value is -4.21. The Labute approximate surface area is 224 Å². The molecular formula is C29H28F3NO6. The van der Waals surface area contributed by atoms with Crippen molar-refractivity contribution in [2.24, 2.45) is 0 Å². The minimum atomic E-state index is -4.60. The first-order chi connectivity index (χ1) is 18.6. The zero-order valence-electron chi connectivity index (χ0n) is 21.7. The fourth-order valence-electron chi connectivity index (χ4n) is 4.37. The van der Waals surface area contributed by atoms with Gasteiger partial charge in [-0.2, -0.15) is 13.2 Å². The van der Waals surface area contributed by atoms with E-state index in [0.29, 0.717) is 11.3 Å². The molecule has 0 N–H and O–H groups in total. The molecule has 0 aliphatic carbocycles. The van der Waals surface area contributed by atoms with Crippen molar-refractivity contribution in [1.29, 1.82) is 0 Å². The molecule has 1 heterocycles. The lowest BCUT2D eigenvalue weighted by Crippen LogP contribution is -2.31. The summed E-state index contributed by atoms with van der Waals surface area (Å²) in [6.07, 6.45) is -5.84. The van der Waals surface area contributed by atoms with E-state index in [1.165, 1.54) is 18.1 Å². The topological polar surface area (TPSA) is 74.3 Å². The van der Waals surface area contributed by atoms with Crippen molar-refractivity contribution >= 4 is 12.1 Å². The average Bonchev–Trinajstić information content (AvgIpc) is 3.18. The van der Waals surface area contributed by atoms with Crippen molar-refractivity contribution in [2.45, 2.75) is 45.1 Å². The molecule has 0 radical (unpaired) electrons. The quantitative estimate of drug-likeness (QED) is 0.280. The Morgan fingerprint density at radius 1 is 1.00 bits per heavy atom. The normalized spacial score (nSPS) is 17.1. The molecule has 206 valence electrons. The fraction of sp³-hybridized carbons (Fsp3) is 0.310. The van der Waals surface area contributed by atoms with Gasteiger partial charge in [-0.25, -0.2) is 4.79 Å². The molecule has 0 saturated carbocycles. The molecule has 7 nitrogen and oxygen atoms in total. The number of carbonyl (C=O) groups is 2. The summed E-state index contributed by atoms with van der Waals surface area (Å²) in [6, 6.07) is 16.6. The molecule has 1 amide bonds. The summed E-state index contributed by atoms with van der Waals surface area (Å²) in [6.45, 7) is 3.52. The number of alkyl halides is 3. The molecular weight excluding hydrogens is 515 g/mol. The van der Waals surface area contributed by atoms with Gasteiger partial charge in [-0.15, -0.1) is 0 Å². The minimum absolute atomic E-state index is 0.0218. The number of carbonyl (C=O) groups excluding carboxylic acids is 2. The summed E-state index contributed by atoms with van der Waals surface area (Å²) >= 11 is 0. The van der Waals surface area contributed by atoms with E-state index in [1.807, 2.05) is 30.3 Å². The van der Waals surface area contributed by atoms with Crippen molar-refractivity contribution in [3.8, 4) is 17.2 Å². The van der Waals surface area contributed by atoms with E-state index in [-0.39, 0.29) is 36.6 Å². The number of hydrogen-bond donors (Lipinski definition) is 0. The second-order valence-corrected chi connectivity index (χ2v) is 8.97. The summed E-state index contributed by atoms with van der Waals surface area (Å²) in [5, 5.41) is 0. The summed E-state index contributed by atoms with van der Waals surface area (Å²) in [5.41, 5.74) is 0.595. The van der Waals surface area contributed by atoms with Gasteiger partial charge in [-0.3, -0.25) is 9.69 Å². The van der Waals surface area contributed by atoms with E-state index >= 15 is 0 Å². The number of esters is 1. The molecule has 0 unspecified atom stereocenters. The van der Waals surface area contributed by atoms with Crippen LogP contribution in [0.1, 0.15) is 42.2 Å². The van der Waals surface area contributed by atoms with Crippen LogP contribution < -0.4 is 9.47 Å². The summed E-state index contributed by atoms with van der Waals surface area (Å²) < 4.78 is 62.8. The zero-order valence-corrected chi connectivity index (χ0v) is 21.7. The Balaban J connectivity index is 1.66. The Morgan fingerprint density at radius 3 is 2.38 bits per heavy atom. The maximum atomic E-state index is 13.6. The highest BCUT2D eigenvalue weighted by atomic mass is 19.4. The highest BCUT2D eigenvalue weighted by Crippen LogP contribution is 2.40. The predicted octanol–water partition coefficient (Wildman–Crippen LogP) is 6.69. The van der Waals surface area contributed by atoms with E-state index < -0.39 is 35.9 Å². The molecule has 1 aliphatic rings. The van der Waals surface area contributed by atoms with Gasteiger partial charge < -0.3 is 18.9 Å². The van der Waals surface area contributed by atoms with E-state index in [9.17, 15) is 22.8 Å². The van der Waals surface area contributed by atoms with Crippen molar-refractivity contribution < 1.29 is 41.7 Å². The van der Waals surface area contributed by atoms with Crippen LogP contribution in [0.25, 0.3) is 0 Å². The van der Waals surface area contributed by atoms with E-state index in [0.717, 1.165) is 17.7 Å². The Bertz CT molecular complexity index is 1330. The summed E-state index contributed by atoms with van der Waals surface area (Å²) in [5.74, 6) is 0.169. The van der Waals surface area contributed by atoms with Gasteiger partial charge in [0.25, 0.3) is 0 Å². The highest BCUT2D eigenvalue weighted by Gasteiger charge is 2.40. The van der Waals surface area contributed by atoms with Gasteiger partial charge in [0.15, 0.2) is 11.5 Å². The lowest BCUT2D eigenvalue weighted by atomic mass is 10.0. The number of rotatable bonds is 9. The molecule has 0 aromatic heterocycles. The number of cyclic esters (lactones) is 1. The van der Waals surface area contributed by atoms with Crippen molar-refractivity contribution in [2.75, 3.05) is 13.7 Å². The molecule has 3 aromatic carbocycles. The zero-order chi connectivity index (χ0) is 28.2. The second-order valence-electron chi connectivity index (χ2n) is 8.97. The molecule has 1 saturated heterocycles.